The summed E-state index contributed by atoms with van der Waals surface area (Å²) in [6.07, 6.45) is 3.88. The van der Waals surface area contributed by atoms with Crippen molar-refractivity contribution in [1.29, 1.82) is 0 Å². The third kappa shape index (κ3) is 6.07. The van der Waals surface area contributed by atoms with Crippen LogP contribution in [0.15, 0.2) is 47.6 Å². The normalized spacial score (nSPS) is 15.1. The molecule has 2 N–H and O–H groups in total. The van der Waals surface area contributed by atoms with E-state index in [1.54, 1.807) is 44.4 Å². The van der Waals surface area contributed by atoms with Crippen molar-refractivity contribution in [2.75, 3.05) is 30.8 Å². The molecule has 10 nitrogen and oxygen atoms in total. The third-order valence-corrected chi connectivity index (χ3v) is 9.98. The zero-order chi connectivity index (χ0) is 30.2. The van der Waals surface area contributed by atoms with Gasteiger partial charge in [-0.1, -0.05) is 12.1 Å². The molecule has 0 bridgehead atoms. The summed E-state index contributed by atoms with van der Waals surface area (Å²) in [4.78, 5) is 16.6. The first-order valence-electron chi connectivity index (χ1n) is 14.5. The van der Waals surface area contributed by atoms with E-state index in [4.69, 9.17) is 14.7 Å². The number of likely N-dealkylation sites (tertiary alicyclic amines) is 1. The number of nitrogens with zero attached hydrogens (tertiary/aromatic N) is 5. The van der Waals surface area contributed by atoms with E-state index in [0.717, 1.165) is 37.4 Å². The lowest BCUT2D eigenvalue weighted by molar-refractivity contribution is 0.241. The Balaban J connectivity index is 1.55. The summed E-state index contributed by atoms with van der Waals surface area (Å²) in [6.45, 7) is 11.7. The van der Waals surface area contributed by atoms with Gasteiger partial charge in [0, 0.05) is 7.05 Å². The average Bonchev–Trinajstić information content (AvgIpc) is 3.31. The molecule has 11 heteroatoms. The van der Waals surface area contributed by atoms with Crippen molar-refractivity contribution in [3.05, 3.63) is 53.9 Å². The lowest BCUT2D eigenvalue weighted by Gasteiger charge is -2.30. The second kappa shape index (κ2) is 11.9. The standard InChI is InChI=1S/C31H41N7O3S/c1-19(2)41-26-17-23(22-12-14-37(6)15-13-22)21(5)16-25(26)34-31-35-29-28(38(7)18-32-29)30(36-31)33-24-10-8-9-11-27(24)42(39,40)20(3)4/h8-11,16-20,22H,12-15H2,1-7H3,(H2,33,34,35,36). The zero-order valence-corrected chi connectivity index (χ0v) is 26.3. The maximum Gasteiger partial charge on any atom is 0.231 e. The van der Waals surface area contributed by atoms with E-state index in [1.165, 1.54) is 11.1 Å². The third-order valence-electron chi connectivity index (χ3n) is 7.77. The molecule has 0 atom stereocenters. The summed E-state index contributed by atoms with van der Waals surface area (Å²) >= 11 is 0. The predicted octanol–water partition coefficient (Wildman–Crippen LogP) is 5.94. The molecule has 1 aliphatic heterocycles. The summed E-state index contributed by atoms with van der Waals surface area (Å²) in [5.41, 5.74) is 4.85. The average molecular weight is 592 g/mol. The smallest absolute Gasteiger partial charge is 0.231 e. The van der Waals surface area contributed by atoms with Gasteiger partial charge in [0.25, 0.3) is 0 Å². The Labute approximate surface area is 248 Å². The van der Waals surface area contributed by atoms with E-state index >= 15 is 0 Å². The number of fused-ring (bicyclic) bond motifs is 1. The monoisotopic (exact) mass is 591 g/mol. The molecule has 5 rings (SSSR count). The van der Waals surface area contributed by atoms with Crippen LogP contribution >= 0.6 is 0 Å². The highest BCUT2D eigenvalue weighted by Gasteiger charge is 2.25. The summed E-state index contributed by atoms with van der Waals surface area (Å²) < 4.78 is 34.4. The molecule has 1 saturated heterocycles. The summed E-state index contributed by atoms with van der Waals surface area (Å²) in [5, 5.41) is 6.09. The van der Waals surface area contributed by atoms with Crippen LogP contribution in [-0.4, -0.2) is 64.3 Å². The Morgan fingerprint density at radius 2 is 1.69 bits per heavy atom. The molecule has 1 fully saturated rings. The minimum absolute atomic E-state index is 0.0191. The molecular weight excluding hydrogens is 550 g/mol. The zero-order valence-electron chi connectivity index (χ0n) is 25.5. The molecule has 0 saturated carbocycles. The van der Waals surface area contributed by atoms with E-state index in [1.807, 2.05) is 25.5 Å². The second-order valence-electron chi connectivity index (χ2n) is 11.7. The number of aryl methyl sites for hydroxylation is 2. The largest absolute Gasteiger partial charge is 0.489 e. The van der Waals surface area contributed by atoms with Gasteiger partial charge in [0.15, 0.2) is 21.3 Å². The summed E-state index contributed by atoms with van der Waals surface area (Å²) in [6, 6.07) is 11.1. The van der Waals surface area contributed by atoms with Crippen LogP contribution in [0.5, 0.6) is 5.75 Å². The van der Waals surface area contributed by atoms with Gasteiger partial charge < -0.3 is 24.8 Å². The van der Waals surface area contributed by atoms with Gasteiger partial charge in [-0.2, -0.15) is 9.97 Å². The van der Waals surface area contributed by atoms with Crippen LogP contribution in [0.25, 0.3) is 11.2 Å². The number of benzene rings is 2. The van der Waals surface area contributed by atoms with E-state index in [2.05, 4.69) is 46.6 Å². The minimum atomic E-state index is -3.54. The number of sulfone groups is 1. The number of aromatic nitrogens is 4. The molecule has 2 aromatic carbocycles. The van der Waals surface area contributed by atoms with Crippen LogP contribution < -0.4 is 15.4 Å². The van der Waals surface area contributed by atoms with Crippen molar-refractivity contribution < 1.29 is 13.2 Å². The second-order valence-corrected chi connectivity index (χ2v) is 14.2. The highest BCUT2D eigenvalue weighted by atomic mass is 32.2. The van der Waals surface area contributed by atoms with E-state index in [0.29, 0.717) is 34.5 Å². The Morgan fingerprint density at radius 3 is 2.38 bits per heavy atom. The van der Waals surface area contributed by atoms with Crippen molar-refractivity contribution in [3.8, 4) is 5.75 Å². The number of para-hydroxylation sites is 1. The molecule has 0 aliphatic carbocycles. The molecule has 4 aromatic rings. The first kappa shape index (κ1) is 29.8. The highest BCUT2D eigenvalue weighted by molar-refractivity contribution is 7.92. The maximum atomic E-state index is 13.1. The van der Waals surface area contributed by atoms with Gasteiger partial charge in [0.1, 0.15) is 11.3 Å². The number of hydrogen-bond acceptors (Lipinski definition) is 9. The van der Waals surface area contributed by atoms with Crippen LogP contribution in [0.1, 0.15) is 57.6 Å². The Morgan fingerprint density at radius 1 is 0.976 bits per heavy atom. The number of anilines is 4. The van der Waals surface area contributed by atoms with E-state index in [9.17, 15) is 8.42 Å². The number of hydrogen-bond donors (Lipinski definition) is 2. The van der Waals surface area contributed by atoms with Gasteiger partial charge in [-0.05, 0) is 109 Å². The fourth-order valence-electron chi connectivity index (χ4n) is 5.43. The first-order chi connectivity index (χ1) is 19.9. The maximum absolute atomic E-state index is 13.1. The van der Waals surface area contributed by atoms with Gasteiger partial charge in [-0.3, -0.25) is 0 Å². The van der Waals surface area contributed by atoms with Gasteiger partial charge in [-0.25, -0.2) is 13.4 Å². The molecule has 1 aliphatic rings. The Hall–Kier alpha value is -3.70. The number of nitrogens with one attached hydrogen (secondary N) is 2. The van der Waals surface area contributed by atoms with Crippen LogP contribution in [0.4, 0.5) is 23.1 Å². The number of piperidine rings is 1. The molecule has 0 spiro atoms. The minimum Gasteiger partial charge on any atom is -0.489 e. The molecule has 224 valence electrons. The van der Waals surface area contributed by atoms with Crippen molar-refractivity contribution in [1.82, 2.24) is 24.4 Å². The van der Waals surface area contributed by atoms with Crippen molar-refractivity contribution >= 4 is 44.1 Å². The predicted molar refractivity (Wildman–Crippen MR) is 168 cm³/mol. The van der Waals surface area contributed by atoms with Crippen LogP contribution in [-0.2, 0) is 16.9 Å². The van der Waals surface area contributed by atoms with E-state index in [-0.39, 0.29) is 11.0 Å². The van der Waals surface area contributed by atoms with Crippen molar-refractivity contribution in [2.45, 2.75) is 69.6 Å². The van der Waals surface area contributed by atoms with Crippen molar-refractivity contribution in [2.24, 2.45) is 7.05 Å². The summed E-state index contributed by atoms with van der Waals surface area (Å²) in [7, 11) is 0.490. The highest BCUT2D eigenvalue weighted by Crippen LogP contribution is 2.38. The molecule has 2 aromatic heterocycles. The molecular formula is C31H41N7O3S. The number of rotatable bonds is 9. The molecule has 0 unspecified atom stereocenters. The lowest BCUT2D eigenvalue weighted by Crippen LogP contribution is -2.29. The SMILES string of the molecule is Cc1cc(Nc2nc(Nc3ccccc3S(=O)(=O)C(C)C)c3c(ncn3C)n2)c(OC(C)C)cc1C1CCN(C)CC1. The number of imidazole rings is 1. The quantitative estimate of drug-likeness (QED) is 0.244. The van der Waals surface area contributed by atoms with Crippen LogP contribution in [0, 0.1) is 6.92 Å². The van der Waals surface area contributed by atoms with E-state index < -0.39 is 15.1 Å². The fourth-order valence-corrected chi connectivity index (χ4v) is 6.63. The topological polar surface area (TPSA) is 114 Å². The Bertz CT molecular complexity index is 1690. The molecule has 0 radical (unpaired) electrons. The van der Waals surface area contributed by atoms with Crippen LogP contribution in [0.3, 0.4) is 0 Å². The molecule has 42 heavy (non-hydrogen) atoms. The molecule has 3 heterocycles. The van der Waals surface area contributed by atoms with Gasteiger partial charge in [-0.15, -0.1) is 0 Å². The number of ether oxygens (including phenoxy) is 1. The fraction of sp³-hybridized carbons (Fsp3) is 0.452. The first-order valence-corrected chi connectivity index (χ1v) is 16.0. The lowest BCUT2D eigenvalue weighted by atomic mass is 9.86. The van der Waals surface area contributed by atoms with Crippen molar-refractivity contribution in [3.63, 3.8) is 0 Å². The Kier molecular flexibility index (Phi) is 8.43. The van der Waals surface area contributed by atoms with Gasteiger partial charge in [0.05, 0.1) is 34.0 Å². The van der Waals surface area contributed by atoms with Gasteiger partial charge in [0.2, 0.25) is 5.95 Å². The summed E-state index contributed by atoms with van der Waals surface area (Å²) in [5.74, 6) is 2.01. The molecule has 0 amide bonds. The van der Waals surface area contributed by atoms with Gasteiger partial charge >= 0.3 is 0 Å². The van der Waals surface area contributed by atoms with Crippen LogP contribution in [0.2, 0.25) is 0 Å².